The van der Waals surface area contributed by atoms with E-state index in [1.54, 1.807) is 17.0 Å². The number of rotatable bonds is 4. The van der Waals surface area contributed by atoms with E-state index in [0.717, 1.165) is 18.4 Å². The molecular formula is C18H19F3N2O2. The molecule has 0 atom stereocenters. The number of hydrogen-bond acceptors (Lipinski definition) is 2. The molecule has 1 fully saturated rings. The lowest BCUT2D eigenvalue weighted by molar-refractivity contribution is -0.130. The Morgan fingerprint density at radius 3 is 2.44 bits per heavy atom. The number of amides is 1. The minimum Gasteiger partial charge on any atom is -0.341 e. The Hall–Kier alpha value is -2.31. The number of Topliss-reactive ketones (excluding diaryl/α,β-unsaturated/α-hetero) is 1. The van der Waals surface area contributed by atoms with Gasteiger partial charge >= 0.3 is 6.18 Å². The number of likely N-dealkylation sites (tertiary alicyclic amines) is 1. The Kier molecular flexibility index (Phi) is 4.58. The van der Waals surface area contributed by atoms with Crippen LogP contribution in [0.2, 0.25) is 0 Å². The van der Waals surface area contributed by atoms with Crippen LogP contribution in [0.15, 0.2) is 24.4 Å². The predicted octanol–water partition coefficient (Wildman–Crippen LogP) is 3.57. The quantitative estimate of drug-likeness (QED) is 0.790. The lowest BCUT2D eigenvalue weighted by atomic mass is 10.0. The van der Waals surface area contributed by atoms with Gasteiger partial charge in [-0.15, -0.1) is 0 Å². The zero-order valence-corrected chi connectivity index (χ0v) is 13.9. The molecule has 1 saturated heterocycles. The van der Waals surface area contributed by atoms with E-state index in [-0.39, 0.29) is 17.8 Å². The molecule has 1 aliphatic rings. The van der Waals surface area contributed by atoms with E-state index < -0.39 is 17.5 Å². The largest absolute Gasteiger partial charge is 0.454 e. The number of aryl methyl sites for hydroxylation is 1. The molecule has 0 spiro atoms. The molecule has 4 nitrogen and oxygen atoms in total. The van der Waals surface area contributed by atoms with Crippen LogP contribution in [-0.4, -0.2) is 40.4 Å². The van der Waals surface area contributed by atoms with Gasteiger partial charge in [0.15, 0.2) is 0 Å². The first-order chi connectivity index (χ1) is 11.8. The van der Waals surface area contributed by atoms with Gasteiger partial charge in [0, 0.05) is 24.7 Å². The molecule has 2 heterocycles. The molecule has 2 aromatic rings. The number of para-hydroxylation sites is 1. The average molecular weight is 352 g/mol. The van der Waals surface area contributed by atoms with Crippen molar-refractivity contribution >= 4 is 22.6 Å². The van der Waals surface area contributed by atoms with Gasteiger partial charge in [0.25, 0.3) is 5.78 Å². The fourth-order valence-electron chi connectivity index (χ4n) is 3.39. The molecule has 0 N–H and O–H groups in total. The number of benzene rings is 1. The van der Waals surface area contributed by atoms with Gasteiger partial charge in [0.1, 0.15) is 6.54 Å². The van der Waals surface area contributed by atoms with Crippen molar-refractivity contribution in [3.8, 4) is 0 Å². The van der Waals surface area contributed by atoms with E-state index >= 15 is 0 Å². The van der Waals surface area contributed by atoms with Crippen LogP contribution in [-0.2, 0) is 17.8 Å². The van der Waals surface area contributed by atoms with E-state index in [4.69, 9.17) is 0 Å². The summed E-state index contributed by atoms with van der Waals surface area (Å²) in [7, 11) is 0. The zero-order chi connectivity index (χ0) is 18.2. The second-order valence-corrected chi connectivity index (χ2v) is 6.25. The van der Waals surface area contributed by atoms with Gasteiger partial charge in [-0.1, -0.05) is 25.1 Å². The lowest BCUT2D eigenvalue weighted by Gasteiger charge is -2.16. The third-order valence-electron chi connectivity index (χ3n) is 4.63. The molecule has 1 aliphatic heterocycles. The Bertz CT molecular complexity index is 818. The number of carbonyl (C=O) groups is 2. The van der Waals surface area contributed by atoms with Gasteiger partial charge in [-0.05, 0) is 24.8 Å². The summed E-state index contributed by atoms with van der Waals surface area (Å²) in [5.41, 5.74) is 0.949. The standard InChI is InChI=1S/C18H19F3N2O2/c1-2-12-6-5-7-13-14(17(25)18(19,20)21)10-23(16(12)13)11-15(24)22-8-3-4-9-22/h5-7,10H,2-4,8-9,11H2,1H3. The number of fused-ring (bicyclic) bond motifs is 1. The maximum absolute atomic E-state index is 12.9. The van der Waals surface area contributed by atoms with E-state index in [1.807, 2.05) is 6.92 Å². The van der Waals surface area contributed by atoms with Crippen molar-refractivity contribution < 1.29 is 22.8 Å². The molecule has 1 amide bonds. The summed E-state index contributed by atoms with van der Waals surface area (Å²) in [6, 6.07) is 4.95. The van der Waals surface area contributed by atoms with Crippen LogP contribution >= 0.6 is 0 Å². The molecular weight excluding hydrogens is 333 g/mol. The summed E-state index contributed by atoms with van der Waals surface area (Å²) in [5, 5.41) is 0.246. The third-order valence-corrected chi connectivity index (χ3v) is 4.63. The highest BCUT2D eigenvalue weighted by Crippen LogP contribution is 2.30. The summed E-state index contributed by atoms with van der Waals surface area (Å²) < 4.78 is 40.3. The van der Waals surface area contributed by atoms with Gasteiger partial charge in [0.05, 0.1) is 11.1 Å². The number of aromatic nitrogens is 1. The minimum atomic E-state index is -4.94. The number of hydrogen-bond donors (Lipinski definition) is 0. The molecule has 134 valence electrons. The van der Waals surface area contributed by atoms with Gasteiger partial charge in [-0.2, -0.15) is 13.2 Å². The molecule has 3 rings (SSSR count). The van der Waals surface area contributed by atoms with E-state index in [9.17, 15) is 22.8 Å². The number of halogens is 3. The first kappa shape index (κ1) is 17.5. The lowest BCUT2D eigenvalue weighted by Crippen LogP contribution is -2.31. The summed E-state index contributed by atoms with van der Waals surface area (Å²) in [6.45, 7) is 3.18. The van der Waals surface area contributed by atoms with Crippen LogP contribution in [0.1, 0.15) is 35.7 Å². The van der Waals surface area contributed by atoms with Crippen LogP contribution in [0.4, 0.5) is 13.2 Å². The molecule has 7 heteroatoms. The first-order valence-corrected chi connectivity index (χ1v) is 8.33. The Balaban J connectivity index is 2.07. The van der Waals surface area contributed by atoms with Gasteiger partial charge in [-0.25, -0.2) is 0 Å². The summed E-state index contributed by atoms with van der Waals surface area (Å²) in [5.74, 6) is -2.01. The monoisotopic (exact) mass is 352 g/mol. The Morgan fingerprint density at radius 1 is 1.16 bits per heavy atom. The smallest absolute Gasteiger partial charge is 0.341 e. The topological polar surface area (TPSA) is 42.3 Å². The fourth-order valence-corrected chi connectivity index (χ4v) is 3.39. The van der Waals surface area contributed by atoms with Crippen molar-refractivity contribution in [2.45, 2.75) is 38.9 Å². The van der Waals surface area contributed by atoms with Gasteiger partial charge in [-0.3, -0.25) is 9.59 Å². The molecule has 0 bridgehead atoms. The van der Waals surface area contributed by atoms with Crippen molar-refractivity contribution in [1.29, 1.82) is 0 Å². The van der Waals surface area contributed by atoms with Crippen LogP contribution < -0.4 is 0 Å². The molecule has 1 aromatic carbocycles. The second kappa shape index (κ2) is 6.54. The van der Waals surface area contributed by atoms with Crippen molar-refractivity contribution in [1.82, 2.24) is 9.47 Å². The molecule has 0 radical (unpaired) electrons. The van der Waals surface area contributed by atoms with Crippen molar-refractivity contribution in [3.63, 3.8) is 0 Å². The minimum absolute atomic E-state index is 0.0569. The number of nitrogens with zero attached hydrogens (tertiary/aromatic N) is 2. The number of alkyl halides is 3. The zero-order valence-electron chi connectivity index (χ0n) is 13.9. The third kappa shape index (κ3) is 3.27. The predicted molar refractivity (Wildman–Crippen MR) is 87.5 cm³/mol. The highest BCUT2D eigenvalue weighted by atomic mass is 19.4. The molecule has 1 aromatic heterocycles. The van der Waals surface area contributed by atoms with Crippen molar-refractivity contribution in [2.24, 2.45) is 0 Å². The second-order valence-electron chi connectivity index (χ2n) is 6.25. The highest BCUT2D eigenvalue weighted by Gasteiger charge is 2.41. The van der Waals surface area contributed by atoms with Crippen LogP contribution in [0.5, 0.6) is 0 Å². The van der Waals surface area contributed by atoms with E-state index in [2.05, 4.69) is 0 Å². The Morgan fingerprint density at radius 2 is 1.84 bits per heavy atom. The van der Waals surface area contributed by atoms with E-state index in [1.165, 1.54) is 16.8 Å². The number of carbonyl (C=O) groups excluding carboxylic acids is 2. The van der Waals surface area contributed by atoms with E-state index in [0.29, 0.717) is 25.0 Å². The normalized spacial score (nSPS) is 15.1. The van der Waals surface area contributed by atoms with Crippen molar-refractivity contribution in [2.75, 3.05) is 13.1 Å². The summed E-state index contributed by atoms with van der Waals surface area (Å²) >= 11 is 0. The van der Waals surface area contributed by atoms with Crippen molar-refractivity contribution in [3.05, 3.63) is 35.5 Å². The molecule has 25 heavy (non-hydrogen) atoms. The van der Waals surface area contributed by atoms with Crippen LogP contribution in [0.3, 0.4) is 0 Å². The maximum Gasteiger partial charge on any atom is 0.454 e. The Labute approximate surface area is 143 Å². The van der Waals surface area contributed by atoms with Gasteiger partial charge in [0.2, 0.25) is 5.91 Å². The molecule has 0 saturated carbocycles. The number of ketones is 1. The average Bonchev–Trinajstić information content (AvgIpc) is 3.21. The molecule has 0 unspecified atom stereocenters. The first-order valence-electron chi connectivity index (χ1n) is 8.33. The SMILES string of the molecule is CCc1cccc2c(C(=O)C(F)(F)F)cn(CC(=O)N3CCCC3)c12. The molecule has 0 aliphatic carbocycles. The fraction of sp³-hybridized carbons (Fsp3) is 0.444. The van der Waals surface area contributed by atoms with Crippen LogP contribution in [0.25, 0.3) is 10.9 Å². The maximum atomic E-state index is 12.9. The summed E-state index contributed by atoms with van der Waals surface area (Å²) in [4.78, 5) is 25.9. The summed E-state index contributed by atoms with van der Waals surface area (Å²) in [6.07, 6.45) is -1.29. The van der Waals surface area contributed by atoms with Crippen LogP contribution in [0, 0.1) is 0 Å². The highest BCUT2D eigenvalue weighted by molar-refractivity contribution is 6.11. The van der Waals surface area contributed by atoms with Gasteiger partial charge < -0.3 is 9.47 Å².